The molecule has 0 aliphatic heterocycles. The van der Waals surface area contributed by atoms with E-state index < -0.39 is 4.01 Å². The number of halogens is 4. The molecule has 0 atom stereocenters. The predicted molar refractivity (Wildman–Crippen MR) is 70.7 cm³/mol. The first kappa shape index (κ1) is 12.7. The van der Waals surface area contributed by atoms with Crippen LogP contribution in [0.15, 0.2) is 24.3 Å². The number of nitrogens with zero attached hydrogens (tertiary/aromatic N) is 1. The molecule has 0 bridgehead atoms. The van der Waals surface area contributed by atoms with Crippen LogP contribution in [0.5, 0.6) is 0 Å². The van der Waals surface area contributed by atoms with E-state index in [1.165, 1.54) is 0 Å². The molecule has 1 aromatic carbocycles. The van der Waals surface area contributed by atoms with Crippen molar-refractivity contribution in [3.05, 3.63) is 24.3 Å². The van der Waals surface area contributed by atoms with E-state index in [1.54, 1.807) is 12.1 Å². The maximum absolute atomic E-state index is 5.86. The van der Waals surface area contributed by atoms with Crippen molar-refractivity contribution in [2.75, 3.05) is 19.0 Å². The van der Waals surface area contributed by atoms with Crippen LogP contribution in [0.2, 0.25) is 0 Å². The molecule has 0 saturated heterocycles. The standard InChI is InChI=1S/C8H10Cl4NP/c1-13(2)7-3-5-8(6-4-7)14(9,10,11)12/h3-6H,1-2H3. The van der Waals surface area contributed by atoms with E-state index in [-0.39, 0.29) is 0 Å². The van der Waals surface area contributed by atoms with Gasteiger partial charge in [-0.3, -0.25) is 0 Å². The third-order valence-corrected chi connectivity index (χ3v) is 5.18. The zero-order valence-electron chi connectivity index (χ0n) is 7.72. The van der Waals surface area contributed by atoms with E-state index >= 15 is 0 Å². The minimum absolute atomic E-state index is 0.563. The zero-order chi connectivity index (χ0) is 11.0. The molecule has 0 N–H and O–H groups in total. The fourth-order valence-corrected chi connectivity index (χ4v) is 2.93. The van der Waals surface area contributed by atoms with Crippen molar-refractivity contribution in [1.82, 2.24) is 0 Å². The molecule has 0 saturated carbocycles. The van der Waals surface area contributed by atoms with E-state index in [1.807, 2.05) is 31.1 Å². The fraction of sp³-hybridized carbons (Fsp3) is 0.250. The number of hydrogen-bond donors (Lipinski definition) is 0. The van der Waals surface area contributed by atoms with Gasteiger partial charge in [-0.15, -0.1) is 0 Å². The zero-order valence-corrected chi connectivity index (χ0v) is 11.6. The molecule has 0 heterocycles. The molecule has 0 radical (unpaired) electrons. The van der Waals surface area contributed by atoms with Crippen LogP contribution < -0.4 is 10.2 Å². The van der Waals surface area contributed by atoms with E-state index in [9.17, 15) is 0 Å². The average Bonchev–Trinajstić information content (AvgIpc) is 2.01. The van der Waals surface area contributed by atoms with Gasteiger partial charge in [0.05, 0.1) is 0 Å². The third-order valence-electron chi connectivity index (χ3n) is 1.76. The van der Waals surface area contributed by atoms with Crippen LogP contribution in [-0.2, 0) is 0 Å². The normalized spacial score (nSPS) is 14.6. The Labute approximate surface area is 103 Å². The van der Waals surface area contributed by atoms with Gasteiger partial charge in [-0.05, 0) is 0 Å². The van der Waals surface area contributed by atoms with Crippen molar-refractivity contribution in [2.24, 2.45) is 0 Å². The molecule has 14 heavy (non-hydrogen) atoms. The van der Waals surface area contributed by atoms with Crippen LogP contribution in [-0.4, -0.2) is 14.1 Å². The van der Waals surface area contributed by atoms with Gasteiger partial charge in [0.2, 0.25) is 0 Å². The van der Waals surface area contributed by atoms with E-state index in [0.717, 1.165) is 5.69 Å². The number of anilines is 1. The van der Waals surface area contributed by atoms with E-state index in [2.05, 4.69) is 0 Å². The molecular weight excluding hydrogens is 283 g/mol. The Bertz CT molecular complexity index is 318. The summed E-state index contributed by atoms with van der Waals surface area (Å²) in [5, 5.41) is 0.563. The van der Waals surface area contributed by atoms with Gasteiger partial charge in [-0.25, -0.2) is 0 Å². The third kappa shape index (κ3) is 3.32. The van der Waals surface area contributed by atoms with Crippen LogP contribution in [0.4, 0.5) is 5.69 Å². The van der Waals surface area contributed by atoms with E-state index in [0.29, 0.717) is 5.30 Å². The number of rotatable bonds is 2. The van der Waals surface area contributed by atoms with Crippen LogP contribution >= 0.6 is 49.0 Å². The molecule has 0 aliphatic rings. The summed E-state index contributed by atoms with van der Waals surface area (Å²) in [5.74, 6) is 0. The second kappa shape index (κ2) is 3.88. The molecule has 0 amide bonds. The Hall–Kier alpha value is 0.610. The van der Waals surface area contributed by atoms with E-state index in [4.69, 9.17) is 45.0 Å². The molecule has 1 rings (SSSR count). The summed E-state index contributed by atoms with van der Waals surface area (Å²) >= 11 is 23.4. The molecule has 6 heteroatoms. The summed E-state index contributed by atoms with van der Waals surface area (Å²) in [6.45, 7) is 0. The van der Waals surface area contributed by atoms with Gasteiger partial charge in [0.1, 0.15) is 0 Å². The molecule has 0 spiro atoms. The maximum atomic E-state index is 5.86. The second-order valence-corrected chi connectivity index (χ2v) is 16.3. The number of benzene rings is 1. The average molecular weight is 293 g/mol. The second-order valence-electron chi connectivity index (χ2n) is 3.13. The van der Waals surface area contributed by atoms with Gasteiger partial charge in [0.25, 0.3) is 0 Å². The molecular formula is C8H10Cl4NP. The van der Waals surface area contributed by atoms with Crippen molar-refractivity contribution in [3.8, 4) is 0 Å². The molecule has 80 valence electrons. The van der Waals surface area contributed by atoms with Gasteiger partial charge < -0.3 is 0 Å². The molecule has 0 fully saturated rings. The van der Waals surface area contributed by atoms with Crippen molar-refractivity contribution in [2.45, 2.75) is 0 Å². The SMILES string of the molecule is CN(C)c1ccc(P(Cl)(Cl)(Cl)Cl)cc1. The molecule has 0 aliphatic carbocycles. The Balaban J connectivity index is 3.07. The molecule has 0 unspecified atom stereocenters. The van der Waals surface area contributed by atoms with Crippen molar-refractivity contribution < 1.29 is 0 Å². The summed E-state index contributed by atoms with van der Waals surface area (Å²) < 4.78 is -3.68. The van der Waals surface area contributed by atoms with Crippen molar-refractivity contribution in [1.29, 1.82) is 0 Å². The predicted octanol–water partition coefficient (Wildman–Crippen LogP) is 4.55. The van der Waals surface area contributed by atoms with Gasteiger partial charge in [-0.1, -0.05) is 0 Å². The first-order chi connectivity index (χ1) is 6.17. The Kier molecular flexibility index (Phi) is 3.52. The first-order valence-electron chi connectivity index (χ1n) is 3.84. The van der Waals surface area contributed by atoms with Gasteiger partial charge in [0, 0.05) is 0 Å². The summed E-state index contributed by atoms with van der Waals surface area (Å²) in [4.78, 5) is 1.96. The van der Waals surface area contributed by atoms with Crippen LogP contribution in [0.25, 0.3) is 0 Å². The number of hydrogen-bond acceptors (Lipinski definition) is 1. The Morgan fingerprint density at radius 2 is 1.36 bits per heavy atom. The quantitative estimate of drug-likeness (QED) is 0.723. The summed E-state index contributed by atoms with van der Waals surface area (Å²) in [6, 6.07) is 7.22. The van der Waals surface area contributed by atoms with Crippen LogP contribution in [0, 0.1) is 0 Å². The van der Waals surface area contributed by atoms with Gasteiger partial charge in [0.15, 0.2) is 0 Å². The van der Waals surface area contributed by atoms with Crippen LogP contribution in [0.1, 0.15) is 0 Å². The Morgan fingerprint density at radius 1 is 0.929 bits per heavy atom. The molecule has 0 aromatic heterocycles. The monoisotopic (exact) mass is 291 g/mol. The van der Waals surface area contributed by atoms with Crippen LogP contribution in [0.3, 0.4) is 0 Å². The summed E-state index contributed by atoms with van der Waals surface area (Å²) in [5.41, 5.74) is 1.04. The fourth-order valence-electron chi connectivity index (χ4n) is 0.976. The first-order valence-corrected chi connectivity index (χ1v) is 9.70. The Morgan fingerprint density at radius 3 is 1.64 bits per heavy atom. The topological polar surface area (TPSA) is 3.24 Å². The van der Waals surface area contributed by atoms with Gasteiger partial charge in [-0.2, -0.15) is 0 Å². The van der Waals surface area contributed by atoms with Crippen molar-refractivity contribution in [3.63, 3.8) is 0 Å². The summed E-state index contributed by atoms with van der Waals surface area (Å²) in [6.07, 6.45) is 0. The molecule has 1 nitrogen and oxygen atoms in total. The summed E-state index contributed by atoms with van der Waals surface area (Å²) in [7, 11) is 3.88. The van der Waals surface area contributed by atoms with Gasteiger partial charge >= 0.3 is 103 Å². The molecule has 1 aromatic rings. The minimum atomic E-state index is -3.68. The van der Waals surface area contributed by atoms with Crippen molar-refractivity contribution >= 4 is 60.0 Å².